The lowest BCUT2D eigenvalue weighted by Gasteiger charge is -2.32. The van der Waals surface area contributed by atoms with Crippen LogP contribution in [0.3, 0.4) is 0 Å². The minimum Gasteiger partial charge on any atom is -0.466 e. The van der Waals surface area contributed by atoms with E-state index in [1.807, 2.05) is 36.1 Å². The SMILES string of the molecule is CCOC(=O)[C@H]1CCCN(CC(=O)N2N=C(c3cccc(C)c3)C[C@@H]2c2ccccc2F)C1. The molecule has 1 fully saturated rings. The molecule has 0 bridgehead atoms. The highest BCUT2D eigenvalue weighted by molar-refractivity contribution is 6.03. The smallest absolute Gasteiger partial charge is 0.310 e. The number of rotatable bonds is 6. The molecule has 1 amide bonds. The van der Waals surface area contributed by atoms with Gasteiger partial charge in [0.25, 0.3) is 5.91 Å². The average Bonchev–Trinajstić information content (AvgIpc) is 3.25. The van der Waals surface area contributed by atoms with Gasteiger partial charge >= 0.3 is 5.97 Å². The zero-order valence-corrected chi connectivity index (χ0v) is 19.2. The molecule has 33 heavy (non-hydrogen) atoms. The molecule has 0 radical (unpaired) electrons. The van der Waals surface area contributed by atoms with E-state index in [9.17, 15) is 14.0 Å². The number of esters is 1. The lowest BCUT2D eigenvalue weighted by Crippen LogP contribution is -2.45. The molecule has 0 N–H and O–H groups in total. The van der Waals surface area contributed by atoms with E-state index < -0.39 is 6.04 Å². The summed E-state index contributed by atoms with van der Waals surface area (Å²) in [6.07, 6.45) is 2.04. The minimum absolute atomic E-state index is 0.130. The summed E-state index contributed by atoms with van der Waals surface area (Å²) >= 11 is 0. The number of likely N-dealkylation sites (tertiary alicyclic amines) is 1. The number of piperidine rings is 1. The number of carbonyl (C=O) groups is 2. The van der Waals surface area contributed by atoms with E-state index >= 15 is 0 Å². The largest absolute Gasteiger partial charge is 0.466 e. The Morgan fingerprint density at radius 3 is 2.76 bits per heavy atom. The third-order valence-electron chi connectivity index (χ3n) is 6.27. The van der Waals surface area contributed by atoms with Gasteiger partial charge in [0.15, 0.2) is 0 Å². The van der Waals surface area contributed by atoms with Gasteiger partial charge in [-0.05, 0) is 44.9 Å². The van der Waals surface area contributed by atoms with Gasteiger partial charge in [-0.3, -0.25) is 14.5 Å². The van der Waals surface area contributed by atoms with E-state index in [4.69, 9.17) is 4.74 Å². The van der Waals surface area contributed by atoms with Gasteiger partial charge in [0.05, 0.1) is 30.8 Å². The third-order valence-corrected chi connectivity index (χ3v) is 6.27. The number of hydrogen-bond acceptors (Lipinski definition) is 5. The van der Waals surface area contributed by atoms with Crippen LogP contribution in [0.4, 0.5) is 4.39 Å². The lowest BCUT2D eigenvalue weighted by atomic mass is 9.97. The van der Waals surface area contributed by atoms with E-state index in [0.29, 0.717) is 25.1 Å². The predicted molar refractivity (Wildman–Crippen MR) is 124 cm³/mol. The molecule has 0 spiro atoms. The number of halogens is 1. The summed E-state index contributed by atoms with van der Waals surface area (Å²) in [5, 5.41) is 6.10. The van der Waals surface area contributed by atoms with Crippen LogP contribution in [0.5, 0.6) is 0 Å². The molecule has 2 heterocycles. The molecule has 2 aromatic carbocycles. The van der Waals surface area contributed by atoms with Gasteiger partial charge in [-0.15, -0.1) is 0 Å². The van der Waals surface area contributed by atoms with Crippen LogP contribution in [0.25, 0.3) is 0 Å². The highest BCUT2D eigenvalue weighted by atomic mass is 19.1. The summed E-state index contributed by atoms with van der Waals surface area (Å²) in [6.45, 7) is 5.49. The maximum atomic E-state index is 14.7. The van der Waals surface area contributed by atoms with Crippen LogP contribution in [0.2, 0.25) is 0 Å². The van der Waals surface area contributed by atoms with E-state index in [2.05, 4.69) is 5.10 Å². The van der Waals surface area contributed by atoms with Crippen molar-refractivity contribution in [3.8, 4) is 0 Å². The Bertz CT molecular complexity index is 1050. The van der Waals surface area contributed by atoms with Crippen molar-refractivity contribution in [3.05, 3.63) is 71.0 Å². The molecule has 2 aliphatic rings. The minimum atomic E-state index is -0.500. The van der Waals surface area contributed by atoms with E-state index in [1.165, 1.54) is 11.1 Å². The van der Waals surface area contributed by atoms with Crippen molar-refractivity contribution in [2.75, 3.05) is 26.2 Å². The van der Waals surface area contributed by atoms with Crippen molar-refractivity contribution >= 4 is 17.6 Å². The fourth-order valence-corrected chi connectivity index (χ4v) is 4.64. The molecule has 2 aromatic rings. The van der Waals surface area contributed by atoms with Crippen LogP contribution in [0.1, 0.15) is 48.9 Å². The molecule has 7 heteroatoms. The van der Waals surface area contributed by atoms with Gasteiger partial charge in [0.2, 0.25) is 0 Å². The Kier molecular flexibility index (Phi) is 7.18. The molecule has 0 aliphatic carbocycles. The van der Waals surface area contributed by atoms with Gasteiger partial charge in [0.1, 0.15) is 5.82 Å². The van der Waals surface area contributed by atoms with Crippen molar-refractivity contribution < 1.29 is 18.7 Å². The van der Waals surface area contributed by atoms with Gasteiger partial charge in [-0.1, -0.05) is 48.0 Å². The summed E-state index contributed by atoms with van der Waals surface area (Å²) in [7, 11) is 0. The molecular weight excluding hydrogens is 421 g/mol. The number of nitrogens with zero attached hydrogens (tertiary/aromatic N) is 3. The number of ether oxygens (including phenoxy) is 1. The number of aryl methyl sites for hydroxylation is 1. The van der Waals surface area contributed by atoms with Crippen LogP contribution < -0.4 is 0 Å². The van der Waals surface area contributed by atoms with Crippen molar-refractivity contribution in [1.29, 1.82) is 0 Å². The summed E-state index contributed by atoms with van der Waals surface area (Å²) in [4.78, 5) is 27.6. The van der Waals surface area contributed by atoms with Gasteiger partial charge < -0.3 is 4.74 Å². The molecule has 174 valence electrons. The Morgan fingerprint density at radius 2 is 2.00 bits per heavy atom. The maximum absolute atomic E-state index is 14.7. The Morgan fingerprint density at radius 1 is 1.18 bits per heavy atom. The second-order valence-electron chi connectivity index (χ2n) is 8.72. The number of hydrogen-bond donors (Lipinski definition) is 0. The first-order chi connectivity index (χ1) is 16.0. The highest BCUT2D eigenvalue weighted by Gasteiger charge is 2.36. The van der Waals surface area contributed by atoms with E-state index in [0.717, 1.165) is 36.2 Å². The van der Waals surface area contributed by atoms with Gasteiger partial charge in [0, 0.05) is 18.5 Å². The van der Waals surface area contributed by atoms with Gasteiger partial charge in [-0.2, -0.15) is 5.10 Å². The number of carbonyl (C=O) groups excluding carboxylic acids is 2. The zero-order chi connectivity index (χ0) is 23.4. The number of amides is 1. The summed E-state index contributed by atoms with van der Waals surface area (Å²) in [5.74, 6) is -0.977. The number of hydrazone groups is 1. The topological polar surface area (TPSA) is 62.2 Å². The molecule has 1 saturated heterocycles. The summed E-state index contributed by atoms with van der Waals surface area (Å²) < 4.78 is 19.9. The zero-order valence-electron chi connectivity index (χ0n) is 19.2. The predicted octanol–water partition coefficient (Wildman–Crippen LogP) is 4.09. The van der Waals surface area contributed by atoms with Crippen LogP contribution in [0.15, 0.2) is 53.6 Å². The molecule has 6 nitrogen and oxygen atoms in total. The quantitative estimate of drug-likeness (QED) is 0.621. The van der Waals surface area contributed by atoms with Crippen molar-refractivity contribution in [2.45, 2.75) is 39.2 Å². The molecule has 0 aromatic heterocycles. The molecule has 2 atom stereocenters. The standard InChI is InChI=1S/C26H30FN3O3/c1-3-33-26(32)20-10-7-13-29(16-20)17-25(31)30-24(21-11-4-5-12-22(21)27)15-23(28-30)19-9-6-8-18(2)14-19/h4-6,8-9,11-12,14,20,24H,3,7,10,13,15-17H2,1-2H3/t20-,24+/m0/s1. The average molecular weight is 452 g/mol. The summed E-state index contributed by atoms with van der Waals surface area (Å²) in [6, 6.07) is 14.0. The maximum Gasteiger partial charge on any atom is 0.310 e. The molecule has 2 aliphatic heterocycles. The van der Waals surface area contributed by atoms with E-state index in [1.54, 1.807) is 25.1 Å². The van der Waals surface area contributed by atoms with E-state index in [-0.39, 0.29) is 30.2 Å². The second-order valence-corrected chi connectivity index (χ2v) is 8.72. The van der Waals surface area contributed by atoms with Crippen LogP contribution in [-0.4, -0.2) is 53.7 Å². The lowest BCUT2D eigenvalue weighted by molar-refractivity contribution is -0.150. The fourth-order valence-electron chi connectivity index (χ4n) is 4.64. The van der Waals surface area contributed by atoms with Gasteiger partial charge in [-0.25, -0.2) is 9.40 Å². The second kappa shape index (κ2) is 10.3. The van der Waals surface area contributed by atoms with Crippen LogP contribution in [-0.2, 0) is 14.3 Å². The third kappa shape index (κ3) is 5.30. The first-order valence-electron chi connectivity index (χ1n) is 11.6. The normalized spacial score (nSPS) is 21.1. The van der Waals surface area contributed by atoms with Crippen LogP contribution >= 0.6 is 0 Å². The fraction of sp³-hybridized carbons (Fsp3) is 0.423. The molecule has 4 rings (SSSR count). The first kappa shape index (κ1) is 23.1. The van der Waals surface area contributed by atoms with Crippen molar-refractivity contribution in [1.82, 2.24) is 9.91 Å². The molecular formula is C26H30FN3O3. The Hall–Kier alpha value is -3.06. The molecule has 0 unspecified atom stereocenters. The summed E-state index contributed by atoms with van der Waals surface area (Å²) in [5.41, 5.74) is 3.26. The highest BCUT2D eigenvalue weighted by Crippen LogP contribution is 2.34. The Labute approximate surface area is 194 Å². The van der Waals surface area contributed by atoms with Crippen LogP contribution in [0, 0.1) is 18.7 Å². The Balaban J connectivity index is 1.55. The molecule has 0 saturated carbocycles. The first-order valence-corrected chi connectivity index (χ1v) is 11.6. The number of benzene rings is 2. The monoisotopic (exact) mass is 451 g/mol. The van der Waals surface area contributed by atoms with Crippen molar-refractivity contribution in [2.24, 2.45) is 11.0 Å². The van der Waals surface area contributed by atoms with Crippen molar-refractivity contribution in [3.63, 3.8) is 0 Å².